The van der Waals surface area contributed by atoms with Crippen molar-refractivity contribution in [2.24, 2.45) is 0 Å². The van der Waals surface area contributed by atoms with Crippen molar-refractivity contribution in [3.8, 4) is 11.5 Å². The van der Waals surface area contributed by atoms with Crippen LogP contribution in [0.15, 0.2) is 53.7 Å². The number of aromatic nitrogens is 1. The van der Waals surface area contributed by atoms with Crippen LogP contribution in [-0.4, -0.2) is 73.5 Å². The molecule has 11 nitrogen and oxygen atoms in total. The molecule has 1 aliphatic rings. The molecule has 3 rings (SSSR count). The van der Waals surface area contributed by atoms with Gasteiger partial charge >= 0.3 is 0 Å². The molecule has 2 N–H and O–H groups in total. The number of pyridine rings is 1. The van der Waals surface area contributed by atoms with Crippen LogP contribution < -0.4 is 10.2 Å². The first-order valence-corrected chi connectivity index (χ1v) is 12.0. The van der Waals surface area contributed by atoms with Crippen LogP contribution in [0.5, 0.6) is 11.5 Å². The highest BCUT2D eigenvalue weighted by atomic mass is 32.2. The van der Waals surface area contributed by atoms with E-state index in [4.69, 9.17) is 9.94 Å². The molecule has 1 unspecified atom stereocenters. The lowest BCUT2D eigenvalue weighted by atomic mass is 10.2. The SMILES string of the molecule is CS(=O)(=O)N1CCN(S(=O)(=O)c2ccc(Oc3ccncc3)cc2)C(C(=O)NO)C1. The number of amides is 1. The molecule has 1 saturated heterocycles. The Morgan fingerprint density at radius 1 is 1.07 bits per heavy atom. The van der Waals surface area contributed by atoms with E-state index >= 15 is 0 Å². The summed E-state index contributed by atoms with van der Waals surface area (Å²) in [5.41, 5.74) is 1.41. The van der Waals surface area contributed by atoms with Gasteiger partial charge in [-0.2, -0.15) is 8.61 Å². The summed E-state index contributed by atoms with van der Waals surface area (Å²) in [6.45, 7) is -0.771. The highest BCUT2D eigenvalue weighted by Gasteiger charge is 2.42. The molecule has 0 bridgehead atoms. The fourth-order valence-corrected chi connectivity index (χ4v) is 5.37. The molecular formula is C17H20N4O7S2. The lowest BCUT2D eigenvalue weighted by Crippen LogP contribution is -2.60. The number of carbonyl (C=O) groups excluding carboxylic acids is 1. The fraction of sp³-hybridized carbons (Fsp3) is 0.294. The van der Waals surface area contributed by atoms with E-state index in [2.05, 4.69) is 4.98 Å². The van der Waals surface area contributed by atoms with Crippen LogP contribution in [0, 0.1) is 0 Å². The molecule has 1 fully saturated rings. The Morgan fingerprint density at radius 3 is 2.23 bits per heavy atom. The van der Waals surface area contributed by atoms with Crippen LogP contribution in [0.4, 0.5) is 0 Å². The predicted molar refractivity (Wildman–Crippen MR) is 105 cm³/mol. The number of nitrogens with one attached hydrogen (secondary N) is 1. The number of sulfonamides is 2. The summed E-state index contributed by atoms with van der Waals surface area (Å²) in [5.74, 6) is -0.103. The molecule has 1 aromatic heterocycles. The predicted octanol–water partition coefficient (Wildman–Crippen LogP) is 0.0138. The van der Waals surface area contributed by atoms with Crippen LogP contribution >= 0.6 is 0 Å². The average Bonchev–Trinajstić information content (AvgIpc) is 2.73. The van der Waals surface area contributed by atoms with E-state index in [-0.39, 0.29) is 18.0 Å². The van der Waals surface area contributed by atoms with E-state index in [1.165, 1.54) is 29.7 Å². The smallest absolute Gasteiger partial charge is 0.263 e. The van der Waals surface area contributed by atoms with Crippen molar-refractivity contribution < 1.29 is 31.6 Å². The highest BCUT2D eigenvalue weighted by molar-refractivity contribution is 7.89. The number of hydrogen-bond acceptors (Lipinski definition) is 8. The van der Waals surface area contributed by atoms with Gasteiger partial charge in [-0.15, -0.1) is 0 Å². The minimum atomic E-state index is -4.15. The van der Waals surface area contributed by atoms with Crippen molar-refractivity contribution in [2.75, 3.05) is 25.9 Å². The molecule has 1 atom stereocenters. The van der Waals surface area contributed by atoms with Gasteiger partial charge in [0.25, 0.3) is 5.91 Å². The molecule has 1 aliphatic heterocycles. The lowest BCUT2D eigenvalue weighted by Gasteiger charge is -2.38. The Morgan fingerprint density at radius 2 is 1.67 bits per heavy atom. The van der Waals surface area contributed by atoms with Gasteiger partial charge in [-0.3, -0.25) is 15.0 Å². The summed E-state index contributed by atoms with van der Waals surface area (Å²) in [4.78, 5) is 15.8. The number of ether oxygens (including phenoxy) is 1. The largest absolute Gasteiger partial charge is 0.457 e. The number of piperazine rings is 1. The number of benzene rings is 1. The third-order valence-electron chi connectivity index (χ3n) is 4.49. The van der Waals surface area contributed by atoms with E-state index < -0.39 is 38.5 Å². The zero-order chi connectivity index (χ0) is 21.9. The molecule has 1 amide bonds. The van der Waals surface area contributed by atoms with Crippen LogP contribution in [0.2, 0.25) is 0 Å². The lowest BCUT2D eigenvalue weighted by molar-refractivity contribution is -0.134. The third-order valence-corrected chi connectivity index (χ3v) is 7.68. The van der Waals surface area contributed by atoms with Gasteiger partial charge in [-0.05, 0) is 36.4 Å². The Bertz CT molecular complexity index is 1110. The van der Waals surface area contributed by atoms with Gasteiger partial charge < -0.3 is 4.74 Å². The van der Waals surface area contributed by atoms with Crippen molar-refractivity contribution in [3.05, 3.63) is 48.8 Å². The second-order valence-corrected chi connectivity index (χ2v) is 10.4. The third kappa shape index (κ3) is 4.76. The van der Waals surface area contributed by atoms with E-state index in [9.17, 15) is 21.6 Å². The van der Waals surface area contributed by atoms with Gasteiger partial charge in [0, 0.05) is 32.0 Å². The topological polar surface area (TPSA) is 146 Å². The minimum absolute atomic E-state index is 0.104. The van der Waals surface area contributed by atoms with Gasteiger partial charge in [0.1, 0.15) is 17.5 Å². The Hall–Kier alpha value is -2.58. The Balaban J connectivity index is 1.85. The number of nitrogens with zero attached hydrogens (tertiary/aromatic N) is 3. The summed E-state index contributed by atoms with van der Waals surface area (Å²) >= 11 is 0. The molecule has 0 saturated carbocycles. The fourth-order valence-electron chi connectivity index (χ4n) is 2.98. The van der Waals surface area contributed by atoms with E-state index in [0.717, 1.165) is 14.9 Å². The van der Waals surface area contributed by atoms with E-state index in [0.29, 0.717) is 11.5 Å². The van der Waals surface area contributed by atoms with Gasteiger partial charge in [-0.1, -0.05) is 0 Å². The number of rotatable bonds is 6. The van der Waals surface area contributed by atoms with Gasteiger partial charge in [-0.25, -0.2) is 22.3 Å². The van der Waals surface area contributed by atoms with Gasteiger partial charge in [0.15, 0.2) is 0 Å². The second kappa shape index (κ2) is 8.65. The maximum Gasteiger partial charge on any atom is 0.263 e. The number of hydroxylamine groups is 1. The van der Waals surface area contributed by atoms with E-state index in [1.807, 2.05) is 0 Å². The van der Waals surface area contributed by atoms with Crippen LogP contribution in [0.25, 0.3) is 0 Å². The second-order valence-electron chi connectivity index (χ2n) is 6.48. The molecule has 30 heavy (non-hydrogen) atoms. The number of carbonyl (C=O) groups is 1. The monoisotopic (exact) mass is 456 g/mol. The van der Waals surface area contributed by atoms with Crippen molar-refractivity contribution in [1.29, 1.82) is 0 Å². The van der Waals surface area contributed by atoms with Crippen molar-refractivity contribution >= 4 is 26.0 Å². The van der Waals surface area contributed by atoms with Crippen molar-refractivity contribution in [1.82, 2.24) is 19.1 Å². The van der Waals surface area contributed by atoms with E-state index in [1.54, 1.807) is 24.5 Å². The Labute approximate surface area is 174 Å². The van der Waals surface area contributed by atoms with Crippen LogP contribution in [0.3, 0.4) is 0 Å². The molecule has 2 heterocycles. The molecule has 1 aromatic carbocycles. The van der Waals surface area contributed by atoms with Crippen molar-refractivity contribution in [2.45, 2.75) is 10.9 Å². The maximum atomic E-state index is 13.1. The van der Waals surface area contributed by atoms with Crippen LogP contribution in [-0.2, 0) is 24.8 Å². The summed E-state index contributed by atoms with van der Waals surface area (Å²) in [6.07, 6.45) is 4.07. The zero-order valence-corrected chi connectivity index (χ0v) is 17.5. The molecule has 0 aliphatic carbocycles. The molecule has 0 radical (unpaired) electrons. The van der Waals surface area contributed by atoms with Crippen LogP contribution in [0.1, 0.15) is 0 Å². The van der Waals surface area contributed by atoms with Gasteiger partial charge in [0.05, 0.1) is 11.2 Å². The molecule has 0 spiro atoms. The Kier molecular flexibility index (Phi) is 6.38. The average molecular weight is 457 g/mol. The molecular weight excluding hydrogens is 436 g/mol. The summed E-state index contributed by atoms with van der Waals surface area (Å²) in [5, 5.41) is 9.00. The number of hydrogen-bond donors (Lipinski definition) is 2. The normalized spacial score (nSPS) is 18.7. The summed E-state index contributed by atoms with van der Waals surface area (Å²) < 4.78 is 57.3. The van der Waals surface area contributed by atoms with Crippen molar-refractivity contribution in [3.63, 3.8) is 0 Å². The quantitative estimate of drug-likeness (QED) is 0.457. The molecule has 13 heteroatoms. The molecule has 162 valence electrons. The standard InChI is InChI=1S/C17H20N4O7S2/c1-29(24,25)20-10-11-21(16(12-20)17(22)19-23)30(26,27)15-4-2-13(3-5-15)28-14-6-8-18-9-7-14/h2-9,16,23H,10-12H2,1H3,(H,19,22). The first kappa shape index (κ1) is 22.1. The summed E-state index contributed by atoms with van der Waals surface area (Å²) in [6, 6.07) is 7.43. The zero-order valence-electron chi connectivity index (χ0n) is 15.9. The first-order chi connectivity index (χ1) is 14.1. The first-order valence-electron chi connectivity index (χ1n) is 8.72. The minimum Gasteiger partial charge on any atom is -0.457 e. The van der Waals surface area contributed by atoms with Gasteiger partial charge in [0.2, 0.25) is 20.0 Å². The molecule has 2 aromatic rings. The maximum absolute atomic E-state index is 13.1. The summed E-state index contributed by atoms with van der Waals surface area (Å²) in [7, 11) is -7.79. The highest BCUT2D eigenvalue weighted by Crippen LogP contribution is 2.26.